The van der Waals surface area contributed by atoms with Gasteiger partial charge in [0, 0.05) is 41.7 Å². The lowest BCUT2D eigenvalue weighted by Gasteiger charge is -2.04. The fourth-order valence-electron chi connectivity index (χ4n) is 2.07. The van der Waals surface area contributed by atoms with Crippen LogP contribution in [-0.2, 0) is 23.6 Å². The van der Waals surface area contributed by atoms with Crippen LogP contribution in [0.2, 0.25) is 0 Å². The van der Waals surface area contributed by atoms with Gasteiger partial charge in [0.05, 0.1) is 0 Å². The summed E-state index contributed by atoms with van der Waals surface area (Å²) in [6, 6.07) is 3.99. The Balaban J connectivity index is 1.77. The average Bonchev–Trinajstić information content (AvgIpc) is 3.03. The molecule has 0 saturated heterocycles. The number of anilines is 1. The fraction of sp³-hybridized carbons (Fsp3) is 0.462. The molecule has 0 bridgehead atoms. The van der Waals surface area contributed by atoms with Crippen molar-refractivity contribution in [3.63, 3.8) is 0 Å². The van der Waals surface area contributed by atoms with Crippen LogP contribution in [0.15, 0.2) is 23.2 Å². The molecule has 2 heterocycles. The predicted octanol–water partition coefficient (Wildman–Crippen LogP) is 1.84. The van der Waals surface area contributed by atoms with E-state index in [0.717, 1.165) is 16.3 Å². The third kappa shape index (κ3) is 3.45. The van der Waals surface area contributed by atoms with Gasteiger partial charge in [-0.1, -0.05) is 0 Å². The number of sulfonamides is 1. The van der Waals surface area contributed by atoms with Crippen LogP contribution >= 0.6 is 11.3 Å². The van der Waals surface area contributed by atoms with Gasteiger partial charge in [-0.25, -0.2) is 8.42 Å². The summed E-state index contributed by atoms with van der Waals surface area (Å²) in [4.78, 5) is 2.18. The standard InChI is InChI=1S/C13H18N4O2S2/c1-9-12(7-11(20-9)8-14-10-3-4-10)21(18,19)16-13-5-6-17(2)15-13/h5-7,10,14H,3-4,8H2,1-2H3,(H,15,16). The molecule has 1 fully saturated rings. The second-order valence-corrected chi connectivity index (χ2v) is 8.26. The van der Waals surface area contributed by atoms with Crippen LogP contribution in [0, 0.1) is 6.92 Å². The second kappa shape index (κ2) is 5.43. The topological polar surface area (TPSA) is 76.0 Å². The highest BCUT2D eigenvalue weighted by molar-refractivity contribution is 7.93. The molecule has 2 aromatic heterocycles. The van der Waals surface area contributed by atoms with Crippen molar-refractivity contribution in [2.45, 2.75) is 37.2 Å². The SMILES string of the molecule is Cc1sc(CNC2CC2)cc1S(=O)(=O)Nc1ccn(C)n1. The number of aryl methyl sites for hydroxylation is 2. The van der Waals surface area contributed by atoms with Gasteiger partial charge in [-0.3, -0.25) is 9.40 Å². The lowest BCUT2D eigenvalue weighted by atomic mass is 10.4. The first-order valence-corrected chi connectivity index (χ1v) is 9.09. The molecule has 2 aromatic rings. The van der Waals surface area contributed by atoms with Gasteiger partial charge in [-0.15, -0.1) is 11.3 Å². The Bertz CT molecular complexity index is 744. The number of aromatic nitrogens is 2. The number of thiophene rings is 1. The van der Waals surface area contributed by atoms with E-state index in [2.05, 4.69) is 15.1 Å². The van der Waals surface area contributed by atoms with Crippen LogP contribution in [0.5, 0.6) is 0 Å². The Morgan fingerprint density at radius 3 is 2.86 bits per heavy atom. The normalized spacial score (nSPS) is 15.3. The molecule has 0 aromatic carbocycles. The monoisotopic (exact) mass is 326 g/mol. The zero-order valence-electron chi connectivity index (χ0n) is 12.0. The molecule has 6 nitrogen and oxygen atoms in total. The number of nitrogens with one attached hydrogen (secondary N) is 2. The molecule has 1 aliphatic rings. The predicted molar refractivity (Wildman–Crippen MR) is 82.9 cm³/mol. The Labute approximate surface area is 128 Å². The van der Waals surface area contributed by atoms with Gasteiger partial charge in [-0.2, -0.15) is 5.10 Å². The van der Waals surface area contributed by atoms with Gasteiger partial charge >= 0.3 is 0 Å². The smallest absolute Gasteiger partial charge is 0.264 e. The molecule has 2 N–H and O–H groups in total. The van der Waals surface area contributed by atoms with Gasteiger partial charge in [0.25, 0.3) is 10.0 Å². The summed E-state index contributed by atoms with van der Waals surface area (Å²) in [6.45, 7) is 2.56. The molecule has 0 atom stereocenters. The van der Waals surface area contributed by atoms with E-state index in [1.165, 1.54) is 24.2 Å². The number of hydrogen-bond acceptors (Lipinski definition) is 5. The van der Waals surface area contributed by atoms with Gasteiger partial charge < -0.3 is 5.32 Å². The van der Waals surface area contributed by atoms with E-state index in [-0.39, 0.29) is 0 Å². The van der Waals surface area contributed by atoms with Crippen LogP contribution in [0.1, 0.15) is 22.6 Å². The lowest BCUT2D eigenvalue weighted by Crippen LogP contribution is -2.15. The summed E-state index contributed by atoms with van der Waals surface area (Å²) in [5.41, 5.74) is 0. The maximum atomic E-state index is 12.4. The van der Waals surface area contributed by atoms with Gasteiger partial charge in [0.15, 0.2) is 5.82 Å². The van der Waals surface area contributed by atoms with Crippen molar-refractivity contribution in [2.75, 3.05) is 4.72 Å². The maximum absolute atomic E-state index is 12.4. The van der Waals surface area contributed by atoms with E-state index in [1.807, 2.05) is 6.92 Å². The second-order valence-electron chi connectivity index (χ2n) is 5.27. The van der Waals surface area contributed by atoms with E-state index in [4.69, 9.17) is 0 Å². The summed E-state index contributed by atoms with van der Waals surface area (Å²) in [5.74, 6) is 0.334. The van der Waals surface area contributed by atoms with Gasteiger partial charge in [-0.05, 0) is 25.8 Å². The molecule has 1 saturated carbocycles. The fourth-order valence-corrected chi connectivity index (χ4v) is 4.66. The first-order chi connectivity index (χ1) is 9.94. The van der Waals surface area contributed by atoms with Crippen molar-refractivity contribution in [3.05, 3.63) is 28.1 Å². The Kier molecular flexibility index (Phi) is 3.76. The summed E-state index contributed by atoms with van der Waals surface area (Å²) in [7, 11) is -1.83. The van der Waals surface area contributed by atoms with Crippen molar-refractivity contribution in [1.82, 2.24) is 15.1 Å². The Morgan fingerprint density at radius 2 is 2.24 bits per heavy atom. The molecular weight excluding hydrogens is 308 g/mol. The molecule has 8 heteroatoms. The van der Waals surface area contributed by atoms with Crippen LogP contribution in [-0.4, -0.2) is 24.2 Å². The zero-order valence-corrected chi connectivity index (χ0v) is 13.6. The van der Waals surface area contributed by atoms with E-state index in [0.29, 0.717) is 16.8 Å². The summed E-state index contributed by atoms with van der Waals surface area (Å²) < 4.78 is 28.9. The molecule has 114 valence electrons. The van der Waals surface area contributed by atoms with E-state index >= 15 is 0 Å². The molecule has 1 aliphatic carbocycles. The molecule has 0 amide bonds. The van der Waals surface area contributed by atoms with Crippen LogP contribution in [0.25, 0.3) is 0 Å². The van der Waals surface area contributed by atoms with Gasteiger partial charge in [0.1, 0.15) is 4.90 Å². The molecule has 0 aliphatic heterocycles. The molecule has 0 radical (unpaired) electrons. The minimum Gasteiger partial charge on any atom is -0.309 e. The van der Waals surface area contributed by atoms with Gasteiger partial charge in [0.2, 0.25) is 0 Å². The van der Waals surface area contributed by atoms with E-state index < -0.39 is 10.0 Å². The summed E-state index contributed by atoms with van der Waals surface area (Å²) in [6.07, 6.45) is 4.14. The summed E-state index contributed by atoms with van der Waals surface area (Å²) in [5, 5.41) is 7.44. The third-order valence-corrected chi connectivity index (χ3v) is 5.97. The maximum Gasteiger partial charge on any atom is 0.264 e. The molecule has 3 rings (SSSR count). The first-order valence-electron chi connectivity index (χ1n) is 6.79. The van der Waals surface area contributed by atoms with Crippen LogP contribution in [0.3, 0.4) is 0 Å². The zero-order chi connectivity index (χ0) is 15.0. The first kappa shape index (κ1) is 14.6. The van der Waals surface area contributed by atoms with Crippen molar-refractivity contribution in [1.29, 1.82) is 0 Å². The summed E-state index contributed by atoms with van der Waals surface area (Å²) >= 11 is 1.52. The van der Waals surface area contributed by atoms with Crippen molar-refractivity contribution in [3.8, 4) is 0 Å². The highest BCUT2D eigenvalue weighted by atomic mass is 32.2. The number of rotatable bonds is 6. The molecule has 21 heavy (non-hydrogen) atoms. The quantitative estimate of drug-likeness (QED) is 0.849. The molecule has 0 unspecified atom stereocenters. The minimum atomic E-state index is -3.58. The molecule has 0 spiro atoms. The van der Waals surface area contributed by atoms with Crippen LogP contribution in [0.4, 0.5) is 5.82 Å². The van der Waals surface area contributed by atoms with Crippen LogP contribution < -0.4 is 10.0 Å². The lowest BCUT2D eigenvalue weighted by molar-refractivity contribution is 0.600. The minimum absolute atomic E-state index is 0.334. The van der Waals surface area contributed by atoms with Crippen molar-refractivity contribution >= 4 is 27.2 Å². The van der Waals surface area contributed by atoms with Crippen molar-refractivity contribution in [2.24, 2.45) is 7.05 Å². The number of nitrogens with zero attached hydrogens (tertiary/aromatic N) is 2. The highest BCUT2D eigenvalue weighted by Gasteiger charge is 2.23. The van der Waals surface area contributed by atoms with Crippen molar-refractivity contribution < 1.29 is 8.42 Å². The third-order valence-electron chi connectivity index (χ3n) is 3.31. The number of hydrogen-bond donors (Lipinski definition) is 2. The Hall–Kier alpha value is -1.38. The molecular formula is C13H18N4O2S2. The Morgan fingerprint density at radius 1 is 1.48 bits per heavy atom. The highest BCUT2D eigenvalue weighted by Crippen LogP contribution is 2.28. The largest absolute Gasteiger partial charge is 0.309 e. The average molecular weight is 326 g/mol. The van der Waals surface area contributed by atoms with E-state index in [9.17, 15) is 8.42 Å². The van der Waals surface area contributed by atoms with E-state index in [1.54, 1.807) is 30.1 Å².